The second-order valence-electron chi connectivity index (χ2n) is 26.3. The molecule has 0 saturated heterocycles. The molecule has 98 heavy (non-hydrogen) atoms. The number of phosphoric acid groups is 2. The summed E-state index contributed by atoms with van der Waals surface area (Å²) < 4.78 is 68.5. The average molecular weight is 1430 g/mol. The summed E-state index contributed by atoms with van der Waals surface area (Å²) in [7, 11) is -9.94. The second-order valence-corrected chi connectivity index (χ2v) is 29.2. The molecule has 0 aliphatic carbocycles. The van der Waals surface area contributed by atoms with Crippen molar-refractivity contribution in [2.75, 3.05) is 39.6 Å². The van der Waals surface area contributed by atoms with Crippen molar-refractivity contribution in [2.24, 2.45) is 0 Å². The summed E-state index contributed by atoms with van der Waals surface area (Å²) in [5.74, 6) is -2.18. The molecular formula is C79H142O17P2. The molecule has 0 amide bonds. The van der Waals surface area contributed by atoms with Crippen molar-refractivity contribution in [3.63, 3.8) is 0 Å². The number of hydrogen-bond acceptors (Lipinski definition) is 15. The van der Waals surface area contributed by atoms with Crippen LogP contribution in [0.5, 0.6) is 0 Å². The van der Waals surface area contributed by atoms with E-state index in [0.29, 0.717) is 25.7 Å². The molecule has 0 radical (unpaired) electrons. The largest absolute Gasteiger partial charge is 0.472 e. The van der Waals surface area contributed by atoms with Gasteiger partial charge in [-0.2, -0.15) is 0 Å². The summed E-state index contributed by atoms with van der Waals surface area (Å²) in [4.78, 5) is 72.9. The number of unbranched alkanes of at least 4 members (excludes halogenated alkanes) is 36. The molecule has 0 aromatic carbocycles. The van der Waals surface area contributed by atoms with Gasteiger partial charge in [-0.1, -0.05) is 280 Å². The van der Waals surface area contributed by atoms with E-state index in [9.17, 15) is 43.2 Å². The number of aliphatic hydroxyl groups excluding tert-OH is 1. The van der Waals surface area contributed by atoms with Crippen LogP contribution in [0.4, 0.5) is 0 Å². The zero-order valence-corrected chi connectivity index (χ0v) is 64.0. The number of esters is 4. The van der Waals surface area contributed by atoms with Gasteiger partial charge >= 0.3 is 39.5 Å². The van der Waals surface area contributed by atoms with Gasteiger partial charge in [0.2, 0.25) is 0 Å². The van der Waals surface area contributed by atoms with Crippen molar-refractivity contribution in [3.8, 4) is 0 Å². The molecule has 0 rings (SSSR count). The zero-order chi connectivity index (χ0) is 71.8. The van der Waals surface area contributed by atoms with Crippen LogP contribution in [-0.2, 0) is 65.4 Å². The quantitative estimate of drug-likeness (QED) is 0.0169. The first-order valence-electron chi connectivity index (χ1n) is 39.2. The molecule has 0 aliphatic rings. The van der Waals surface area contributed by atoms with Crippen LogP contribution < -0.4 is 0 Å². The van der Waals surface area contributed by atoms with Gasteiger partial charge < -0.3 is 33.8 Å². The minimum Gasteiger partial charge on any atom is -0.462 e. The Labute approximate surface area is 596 Å². The van der Waals surface area contributed by atoms with Gasteiger partial charge in [-0.15, -0.1) is 0 Å². The van der Waals surface area contributed by atoms with E-state index in [4.69, 9.17) is 37.0 Å². The maximum absolute atomic E-state index is 13.1. The van der Waals surface area contributed by atoms with E-state index in [-0.39, 0.29) is 25.7 Å². The van der Waals surface area contributed by atoms with E-state index >= 15 is 0 Å². The van der Waals surface area contributed by atoms with E-state index in [1.165, 1.54) is 103 Å². The average Bonchev–Trinajstić information content (AvgIpc) is 0.966. The third kappa shape index (κ3) is 70.9. The Morgan fingerprint density at radius 3 is 0.837 bits per heavy atom. The Morgan fingerprint density at radius 2 is 0.531 bits per heavy atom. The van der Waals surface area contributed by atoms with Gasteiger partial charge in [0, 0.05) is 25.7 Å². The fourth-order valence-electron chi connectivity index (χ4n) is 10.7. The summed E-state index contributed by atoms with van der Waals surface area (Å²) in [6.45, 7) is 4.75. The number of aliphatic hydroxyl groups is 1. The van der Waals surface area contributed by atoms with E-state index in [0.717, 1.165) is 167 Å². The van der Waals surface area contributed by atoms with E-state index < -0.39 is 97.5 Å². The normalized spacial score (nSPS) is 14.3. The van der Waals surface area contributed by atoms with Gasteiger partial charge in [-0.05, 0) is 116 Å². The van der Waals surface area contributed by atoms with Gasteiger partial charge in [-0.25, -0.2) is 9.13 Å². The Balaban J connectivity index is 5.31. The minimum absolute atomic E-state index is 0.0838. The van der Waals surface area contributed by atoms with Gasteiger partial charge in [0.25, 0.3) is 0 Å². The van der Waals surface area contributed by atoms with Crippen LogP contribution in [0, 0.1) is 0 Å². The number of carbonyl (C=O) groups is 4. The Hall–Kier alpha value is -3.50. The lowest BCUT2D eigenvalue weighted by Crippen LogP contribution is -2.30. The van der Waals surface area contributed by atoms with E-state index in [1.807, 2.05) is 0 Å². The maximum atomic E-state index is 13.1. The van der Waals surface area contributed by atoms with Crippen molar-refractivity contribution in [2.45, 2.75) is 367 Å². The van der Waals surface area contributed by atoms with Crippen LogP contribution in [0.15, 0.2) is 72.9 Å². The molecule has 0 heterocycles. The number of phosphoric ester groups is 2. The van der Waals surface area contributed by atoms with E-state index in [2.05, 4.69) is 101 Å². The molecule has 0 aliphatic heterocycles. The van der Waals surface area contributed by atoms with Crippen molar-refractivity contribution >= 4 is 39.5 Å². The summed E-state index contributed by atoms with van der Waals surface area (Å²) in [6, 6.07) is 0. The number of rotatable bonds is 74. The molecule has 5 unspecified atom stereocenters. The highest BCUT2D eigenvalue weighted by Crippen LogP contribution is 2.45. The second kappa shape index (κ2) is 71.9. The standard InChI is InChI=1S/C79H142O17P2/c1-5-9-13-17-21-25-29-33-34-35-36-37-38-42-44-48-52-56-60-64-77(82)90-70-75(96-79(84)66-62-58-54-50-46-41-32-28-24-20-16-12-8-4)72-94-98(87,88)92-68-73(80)67-91-97(85,86)93-71-74(95-78(83)65-61-57-53-49-45-40-31-27-23-19-15-11-7-3)69-89-76(81)63-59-55-51-47-43-39-30-26-22-18-14-10-6-2/h9,13,21,25-26,28,30,32-34,36-37,73-75,80H,5-8,10-12,14-20,22-24,27,29,31,35,38-72H2,1-4H3,(H,85,86)(H,87,88)/b13-9-,25-21-,30-26-,32-28-,34-33-,37-36-. The third-order valence-corrected chi connectivity index (χ3v) is 18.6. The lowest BCUT2D eigenvalue weighted by atomic mass is 10.0. The lowest BCUT2D eigenvalue weighted by molar-refractivity contribution is -0.161. The van der Waals surface area contributed by atoms with Crippen LogP contribution in [0.1, 0.15) is 349 Å². The first-order valence-corrected chi connectivity index (χ1v) is 42.2. The fourth-order valence-corrected chi connectivity index (χ4v) is 12.3. The van der Waals surface area contributed by atoms with Crippen LogP contribution in [-0.4, -0.2) is 96.7 Å². The smallest absolute Gasteiger partial charge is 0.462 e. The Kier molecular flexibility index (Phi) is 69.3. The highest BCUT2D eigenvalue weighted by atomic mass is 31.2. The van der Waals surface area contributed by atoms with Gasteiger partial charge in [0.05, 0.1) is 26.4 Å². The van der Waals surface area contributed by atoms with Gasteiger partial charge in [0.15, 0.2) is 12.2 Å². The van der Waals surface area contributed by atoms with Gasteiger partial charge in [-0.3, -0.25) is 37.3 Å². The molecular weight excluding hydrogens is 1280 g/mol. The molecule has 0 saturated carbocycles. The molecule has 570 valence electrons. The molecule has 3 N–H and O–H groups in total. The maximum Gasteiger partial charge on any atom is 0.472 e. The SMILES string of the molecule is CC/C=C\C/C=C\C/C=C\C/C=C\CCCCCCCCC(=O)OCC(COP(=O)(O)OCC(O)COP(=O)(O)OCC(COC(=O)CCCCCCC/C=C\CCCCCC)OC(=O)CCCCCCCCCCCCCCC)OC(=O)CCCCCCC/C=C\CCCCCC. The fraction of sp³-hybridized carbons (Fsp3) is 0.797. The first-order chi connectivity index (χ1) is 47.7. The van der Waals surface area contributed by atoms with Crippen molar-refractivity contribution in [1.29, 1.82) is 0 Å². The molecule has 0 fully saturated rings. The first kappa shape index (κ1) is 94.5. The van der Waals surface area contributed by atoms with Gasteiger partial charge in [0.1, 0.15) is 19.3 Å². The minimum atomic E-state index is -4.97. The monoisotopic (exact) mass is 1420 g/mol. The third-order valence-electron chi connectivity index (χ3n) is 16.7. The molecule has 0 aromatic rings. The van der Waals surface area contributed by atoms with Crippen LogP contribution >= 0.6 is 15.6 Å². The summed E-state index contributed by atoms with van der Waals surface area (Å²) >= 11 is 0. The summed E-state index contributed by atoms with van der Waals surface area (Å²) in [6.07, 6.45) is 71.7. The molecule has 0 aromatic heterocycles. The number of ether oxygens (including phenoxy) is 4. The molecule has 5 atom stereocenters. The number of carbonyl (C=O) groups excluding carboxylic acids is 4. The van der Waals surface area contributed by atoms with Crippen LogP contribution in [0.3, 0.4) is 0 Å². The highest BCUT2D eigenvalue weighted by molar-refractivity contribution is 7.47. The lowest BCUT2D eigenvalue weighted by Gasteiger charge is -2.21. The van der Waals surface area contributed by atoms with Crippen molar-refractivity contribution in [1.82, 2.24) is 0 Å². The number of hydrogen-bond donors (Lipinski definition) is 3. The van der Waals surface area contributed by atoms with Crippen LogP contribution in [0.25, 0.3) is 0 Å². The Bertz CT molecular complexity index is 2140. The molecule has 0 spiro atoms. The van der Waals surface area contributed by atoms with Crippen molar-refractivity contribution in [3.05, 3.63) is 72.9 Å². The predicted octanol–water partition coefficient (Wildman–Crippen LogP) is 22.4. The van der Waals surface area contributed by atoms with E-state index in [1.54, 1.807) is 0 Å². The Morgan fingerprint density at radius 1 is 0.296 bits per heavy atom. The highest BCUT2D eigenvalue weighted by Gasteiger charge is 2.30. The summed E-state index contributed by atoms with van der Waals surface area (Å²) in [5.41, 5.74) is 0. The van der Waals surface area contributed by atoms with Crippen LogP contribution in [0.2, 0.25) is 0 Å². The zero-order valence-electron chi connectivity index (χ0n) is 62.2. The molecule has 0 bridgehead atoms. The number of allylic oxidation sites excluding steroid dienone is 12. The summed E-state index contributed by atoms with van der Waals surface area (Å²) in [5, 5.41) is 10.6. The molecule has 17 nitrogen and oxygen atoms in total. The predicted molar refractivity (Wildman–Crippen MR) is 400 cm³/mol. The topological polar surface area (TPSA) is 237 Å². The molecule has 19 heteroatoms. The van der Waals surface area contributed by atoms with Crippen molar-refractivity contribution < 1.29 is 80.2 Å².